The number of furan rings is 1. The molecule has 1 saturated heterocycles. The van der Waals surface area contributed by atoms with E-state index in [0.29, 0.717) is 19.2 Å². The summed E-state index contributed by atoms with van der Waals surface area (Å²) in [5.41, 5.74) is 0.00260. The number of carbonyl (C=O) groups excluding carboxylic acids is 1. The van der Waals surface area contributed by atoms with Crippen LogP contribution in [0.25, 0.3) is 0 Å². The van der Waals surface area contributed by atoms with Gasteiger partial charge in [-0.15, -0.1) is 0 Å². The minimum absolute atomic E-state index is 0.00260. The number of amides is 1. The fraction of sp³-hybridized carbons (Fsp3) is 0.625. The molecule has 0 atom stereocenters. The maximum Gasteiger partial charge on any atom is 0.338 e. The van der Waals surface area contributed by atoms with Crippen LogP contribution in [0, 0.1) is 0 Å². The van der Waals surface area contributed by atoms with E-state index in [2.05, 4.69) is 0 Å². The average molecular weight is 307 g/mol. The Balaban J connectivity index is 1.51. The van der Waals surface area contributed by atoms with E-state index in [1.165, 1.54) is 18.9 Å². The van der Waals surface area contributed by atoms with E-state index in [9.17, 15) is 9.59 Å². The minimum atomic E-state index is -1.09. The first-order chi connectivity index (χ1) is 10.6. The number of aromatic carboxylic acids is 1. The van der Waals surface area contributed by atoms with Crippen molar-refractivity contribution in [1.29, 1.82) is 0 Å². The Morgan fingerprint density at radius 3 is 2.36 bits per heavy atom. The normalized spacial score (nSPS) is 20.5. The molecule has 1 aliphatic carbocycles. The first-order valence-corrected chi connectivity index (χ1v) is 7.90. The lowest BCUT2D eigenvalue weighted by molar-refractivity contribution is -0.0360. The molecule has 1 N–H and O–H groups in total. The lowest BCUT2D eigenvalue weighted by atomic mass is 10.1. The summed E-state index contributed by atoms with van der Waals surface area (Å²) in [6.45, 7) is 1.25. The lowest BCUT2D eigenvalue weighted by Gasteiger charge is -2.32. The molecule has 0 unspecified atom stereocenters. The van der Waals surface area contributed by atoms with Crippen LogP contribution in [-0.2, 0) is 4.74 Å². The van der Waals surface area contributed by atoms with Crippen molar-refractivity contribution in [3.8, 4) is 0 Å². The van der Waals surface area contributed by atoms with Crippen molar-refractivity contribution >= 4 is 11.9 Å². The molecule has 1 aliphatic heterocycles. The van der Waals surface area contributed by atoms with E-state index in [4.69, 9.17) is 14.3 Å². The average Bonchev–Trinajstić information content (AvgIpc) is 3.18. The highest BCUT2D eigenvalue weighted by Gasteiger charge is 2.28. The van der Waals surface area contributed by atoms with Gasteiger partial charge < -0.3 is 19.2 Å². The predicted molar refractivity (Wildman–Crippen MR) is 77.9 cm³/mol. The van der Waals surface area contributed by atoms with Crippen molar-refractivity contribution < 1.29 is 23.8 Å². The zero-order chi connectivity index (χ0) is 15.5. The quantitative estimate of drug-likeness (QED) is 0.924. The van der Waals surface area contributed by atoms with Crippen molar-refractivity contribution in [2.45, 2.75) is 50.7 Å². The molecule has 2 aliphatic rings. The Hall–Kier alpha value is -1.82. The monoisotopic (exact) mass is 307 g/mol. The summed E-state index contributed by atoms with van der Waals surface area (Å²) in [4.78, 5) is 24.8. The second-order valence-corrected chi connectivity index (χ2v) is 6.04. The van der Waals surface area contributed by atoms with Crippen molar-refractivity contribution in [2.24, 2.45) is 0 Å². The highest BCUT2D eigenvalue weighted by Crippen LogP contribution is 2.26. The molecule has 1 aromatic heterocycles. The Labute approximate surface area is 129 Å². The van der Waals surface area contributed by atoms with Crippen LogP contribution in [0.4, 0.5) is 0 Å². The minimum Gasteiger partial charge on any atom is -0.478 e. The third-order valence-electron chi connectivity index (χ3n) is 4.47. The number of carbonyl (C=O) groups is 2. The summed E-state index contributed by atoms with van der Waals surface area (Å²) < 4.78 is 11.2. The maximum absolute atomic E-state index is 12.3. The van der Waals surface area contributed by atoms with Gasteiger partial charge in [0.05, 0.1) is 17.8 Å². The number of piperidine rings is 1. The van der Waals surface area contributed by atoms with Crippen LogP contribution >= 0.6 is 0 Å². The van der Waals surface area contributed by atoms with Crippen LogP contribution < -0.4 is 0 Å². The Morgan fingerprint density at radius 1 is 1.14 bits per heavy atom. The second kappa shape index (κ2) is 6.52. The number of likely N-dealkylation sites (tertiary alicyclic amines) is 1. The molecule has 22 heavy (non-hydrogen) atoms. The molecule has 120 valence electrons. The van der Waals surface area contributed by atoms with Crippen LogP contribution in [0.3, 0.4) is 0 Å². The molecule has 0 bridgehead atoms. The smallest absolute Gasteiger partial charge is 0.338 e. The van der Waals surface area contributed by atoms with Gasteiger partial charge in [0.15, 0.2) is 5.76 Å². The van der Waals surface area contributed by atoms with Gasteiger partial charge >= 0.3 is 5.97 Å². The second-order valence-electron chi connectivity index (χ2n) is 6.04. The maximum atomic E-state index is 12.3. The first kappa shape index (κ1) is 15.1. The van der Waals surface area contributed by atoms with E-state index in [-0.39, 0.29) is 23.3 Å². The van der Waals surface area contributed by atoms with Gasteiger partial charge in [-0.1, -0.05) is 12.8 Å². The molecule has 2 heterocycles. The third-order valence-corrected chi connectivity index (χ3v) is 4.47. The number of rotatable bonds is 4. The van der Waals surface area contributed by atoms with Crippen molar-refractivity contribution in [2.75, 3.05) is 13.1 Å². The van der Waals surface area contributed by atoms with Crippen LogP contribution in [-0.4, -0.2) is 47.2 Å². The van der Waals surface area contributed by atoms with Crippen molar-refractivity contribution in [1.82, 2.24) is 4.90 Å². The van der Waals surface area contributed by atoms with Gasteiger partial charge in [0, 0.05) is 19.2 Å². The standard InChI is InChI=1S/C16H21NO5/c18-15(14-9-11(10-21-14)16(19)20)17-7-5-13(6-8-17)22-12-3-1-2-4-12/h9-10,12-13H,1-8H2,(H,19,20). The van der Waals surface area contributed by atoms with Gasteiger partial charge in [0.25, 0.3) is 5.91 Å². The summed E-state index contributed by atoms with van der Waals surface area (Å²) in [7, 11) is 0. The number of ether oxygens (including phenoxy) is 1. The highest BCUT2D eigenvalue weighted by molar-refractivity contribution is 5.95. The van der Waals surface area contributed by atoms with Gasteiger partial charge in [-0.05, 0) is 25.7 Å². The molecule has 0 aromatic carbocycles. The number of nitrogens with zero attached hydrogens (tertiary/aromatic N) is 1. The van der Waals surface area contributed by atoms with Crippen LogP contribution in [0.15, 0.2) is 16.7 Å². The van der Waals surface area contributed by atoms with Crippen LogP contribution in [0.2, 0.25) is 0 Å². The SMILES string of the molecule is O=C(O)c1coc(C(=O)N2CCC(OC3CCCC3)CC2)c1. The number of carboxylic acid groups (broad SMARTS) is 1. The Morgan fingerprint density at radius 2 is 1.77 bits per heavy atom. The van der Waals surface area contributed by atoms with Gasteiger partial charge in [-0.3, -0.25) is 4.79 Å². The largest absolute Gasteiger partial charge is 0.478 e. The Kier molecular flexibility index (Phi) is 4.47. The molecule has 3 rings (SSSR count). The molecule has 6 heteroatoms. The van der Waals surface area contributed by atoms with E-state index in [0.717, 1.165) is 31.9 Å². The van der Waals surface area contributed by atoms with Crippen molar-refractivity contribution in [3.63, 3.8) is 0 Å². The topological polar surface area (TPSA) is 80.0 Å². The Bertz CT molecular complexity index is 538. The first-order valence-electron chi connectivity index (χ1n) is 7.90. The summed E-state index contributed by atoms with van der Waals surface area (Å²) in [6, 6.07) is 1.28. The fourth-order valence-electron chi connectivity index (χ4n) is 3.21. The zero-order valence-corrected chi connectivity index (χ0v) is 12.5. The predicted octanol–water partition coefficient (Wildman–Crippen LogP) is 2.54. The molecular formula is C16H21NO5. The number of hydrogen-bond donors (Lipinski definition) is 1. The van der Waals surface area contributed by atoms with E-state index in [1.807, 2.05) is 0 Å². The number of carboxylic acids is 1. The van der Waals surface area contributed by atoms with E-state index in [1.54, 1.807) is 4.90 Å². The number of hydrogen-bond acceptors (Lipinski definition) is 4. The summed E-state index contributed by atoms with van der Waals surface area (Å²) in [6.07, 6.45) is 8.22. The van der Waals surface area contributed by atoms with Gasteiger partial charge in [0.2, 0.25) is 0 Å². The van der Waals surface area contributed by atoms with Crippen molar-refractivity contribution in [3.05, 3.63) is 23.7 Å². The van der Waals surface area contributed by atoms with Crippen LogP contribution in [0.1, 0.15) is 59.4 Å². The highest BCUT2D eigenvalue weighted by atomic mass is 16.5. The van der Waals surface area contributed by atoms with E-state index >= 15 is 0 Å². The molecule has 1 amide bonds. The molecule has 1 saturated carbocycles. The third kappa shape index (κ3) is 3.32. The molecular weight excluding hydrogens is 286 g/mol. The van der Waals surface area contributed by atoms with E-state index < -0.39 is 5.97 Å². The summed E-state index contributed by atoms with van der Waals surface area (Å²) in [5.74, 6) is -1.24. The molecule has 2 fully saturated rings. The molecule has 0 spiro atoms. The summed E-state index contributed by atoms with van der Waals surface area (Å²) >= 11 is 0. The zero-order valence-electron chi connectivity index (χ0n) is 12.5. The lowest BCUT2D eigenvalue weighted by Crippen LogP contribution is -2.41. The summed E-state index contributed by atoms with van der Waals surface area (Å²) in [5, 5.41) is 8.86. The molecule has 0 radical (unpaired) electrons. The van der Waals surface area contributed by atoms with Gasteiger partial charge in [0.1, 0.15) is 6.26 Å². The molecule has 1 aromatic rings. The fourth-order valence-corrected chi connectivity index (χ4v) is 3.21. The van der Waals surface area contributed by atoms with Gasteiger partial charge in [-0.2, -0.15) is 0 Å². The van der Waals surface area contributed by atoms with Gasteiger partial charge in [-0.25, -0.2) is 4.79 Å². The molecule has 6 nitrogen and oxygen atoms in total. The van der Waals surface area contributed by atoms with Crippen LogP contribution in [0.5, 0.6) is 0 Å².